The van der Waals surface area contributed by atoms with Crippen molar-refractivity contribution in [2.24, 2.45) is 0 Å². The van der Waals surface area contributed by atoms with Crippen LogP contribution in [-0.2, 0) is 6.54 Å². The van der Waals surface area contributed by atoms with Gasteiger partial charge in [0.2, 0.25) is 5.43 Å². The highest BCUT2D eigenvalue weighted by Gasteiger charge is 2.28. The molecule has 152 valence electrons. The van der Waals surface area contributed by atoms with E-state index >= 15 is 0 Å². The summed E-state index contributed by atoms with van der Waals surface area (Å²) in [5, 5.41) is 2.64. The number of carbonyl (C=O) groups is 2. The van der Waals surface area contributed by atoms with E-state index in [-0.39, 0.29) is 29.6 Å². The molecule has 1 N–H and O–H groups in total. The summed E-state index contributed by atoms with van der Waals surface area (Å²) in [7, 11) is 0. The van der Waals surface area contributed by atoms with E-state index in [1.54, 1.807) is 21.7 Å². The first-order chi connectivity index (χ1) is 14.0. The van der Waals surface area contributed by atoms with Crippen LogP contribution in [0.5, 0.6) is 0 Å². The average molecular weight is 393 g/mol. The Morgan fingerprint density at radius 1 is 1.17 bits per heavy atom. The van der Waals surface area contributed by atoms with Gasteiger partial charge in [0.15, 0.2) is 0 Å². The number of amides is 2. The van der Waals surface area contributed by atoms with E-state index in [2.05, 4.69) is 11.9 Å². The van der Waals surface area contributed by atoms with E-state index < -0.39 is 11.3 Å². The van der Waals surface area contributed by atoms with Crippen LogP contribution in [0.2, 0.25) is 0 Å². The number of carbonyl (C=O) groups excluding carboxylic acids is 2. The zero-order chi connectivity index (χ0) is 20.8. The van der Waals surface area contributed by atoms with Crippen molar-refractivity contribution in [1.82, 2.24) is 14.8 Å². The van der Waals surface area contributed by atoms with Crippen LogP contribution >= 0.6 is 0 Å². The lowest BCUT2D eigenvalue weighted by Gasteiger charge is -2.33. The SMILES string of the molecule is C=CCNC(=O)c1cn(Cc2ccccc2)cc(C(=O)N2CCCC[C@H]2C)c1=O. The number of hydrogen-bond acceptors (Lipinski definition) is 3. The number of aromatic nitrogens is 1. The fourth-order valence-corrected chi connectivity index (χ4v) is 3.65. The molecule has 1 fully saturated rings. The maximum Gasteiger partial charge on any atom is 0.259 e. The van der Waals surface area contributed by atoms with E-state index in [1.165, 1.54) is 6.20 Å². The average Bonchev–Trinajstić information content (AvgIpc) is 2.73. The van der Waals surface area contributed by atoms with Crippen LogP contribution < -0.4 is 10.7 Å². The molecule has 0 bridgehead atoms. The maximum atomic E-state index is 13.2. The summed E-state index contributed by atoms with van der Waals surface area (Å²) in [6, 6.07) is 9.79. The molecule has 2 aromatic rings. The van der Waals surface area contributed by atoms with Crippen LogP contribution in [0.4, 0.5) is 0 Å². The Labute approximate surface area is 170 Å². The van der Waals surface area contributed by atoms with Crippen molar-refractivity contribution >= 4 is 11.8 Å². The van der Waals surface area contributed by atoms with Crippen molar-refractivity contribution in [1.29, 1.82) is 0 Å². The van der Waals surface area contributed by atoms with Crippen LogP contribution in [-0.4, -0.2) is 40.4 Å². The molecule has 0 unspecified atom stereocenters. The molecular formula is C23H27N3O3. The predicted molar refractivity (Wildman–Crippen MR) is 113 cm³/mol. The molecule has 2 heterocycles. The van der Waals surface area contributed by atoms with Crippen LogP contribution in [0, 0.1) is 0 Å². The zero-order valence-corrected chi connectivity index (χ0v) is 16.8. The third kappa shape index (κ3) is 4.83. The number of rotatable bonds is 6. The van der Waals surface area contributed by atoms with E-state index in [1.807, 2.05) is 37.3 Å². The topological polar surface area (TPSA) is 71.4 Å². The van der Waals surface area contributed by atoms with E-state index in [0.29, 0.717) is 13.1 Å². The Morgan fingerprint density at radius 2 is 1.90 bits per heavy atom. The second-order valence-electron chi connectivity index (χ2n) is 7.41. The van der Waals surface area contributed by atoms with Crippen molar-refractivity contribution in [3.05, 3.63) is 82.3 Å². The molecule has 1 aromatic heterocycles. The number of likely N-dealkylation sites (tertiary alicyclic amines) is 1. The van der Waals surface area contributed by atoms with Gasteiger partial charge < -0.3 is 14.8 Å². The van der Waals surface area contributed by atoms with E-state index in [0.717, 1.165) is 24.8 Å². The number of nitrogens with zero attached hydrogens (tertiary/aromatic N) is 2. The van der Waals surface area contributed by atoms with Gasteiger partial charge in [0.05, 0.1) is 0 Å². The minimum absolute atomic E-state index is 0.0294. The van der Waals surface area contributed by atoms with Crippen molar-refractivity contribution in [3.8, 4) is 0 Å². The highest BCUT2D eigenvalue weighted by atomic mass is 16.2. The molecule has 0 spiro atoms. The fraction of sp³-hybridized carbons (Fsp3) is 0.348. The van der Waals surface area contributed by atoms with Crippen molar-refractivity contribution in [2.45, 2.75) is 38.8 Å². The second kappa shape index (κ2) is 9.37. The fourth-order valence-electron chi connectivity index (χ4n) is 3.65. The van der Waals surface area contributed by atoms with E-state index in [4.69, 9.17) is 0 Å². The van der Waals surface area contributed by atoms with Crippen LogP contribution in [0.25, 0.3) is 0 Å². The van der Waals surface area contributed by atoms with Gasteiger partial charge in [-0.25, -0.2) is 0 Å². The summed E-state index contributed by atoms with van der Waals surface area (Å²) in [6.45, 7) is 6.91. The first-order valence-electron chi connectivity index (χ1n) is 9.99. The molecule has 29 heavy (non-hydrogen) atoms. The number of piperidine rings is 1. The monoisotopic (exact) mass is 393 g/mol. The number of nitrogens with one attached hydrogen (secondary N) is 1. The molecule has 1 aliphatic rings. The zero-order valence-electron chi connectivity index (χ0n) is 16.8. The van der Waals surface area contributed by atoms with Crippen LogP contribution in [0.15, 0.2) is 60.2 Å². The molecule has 2 amide bonds. The molecule has 0 saturated carbocycles. The normalized spacial score (nSPS) is 16.3. The van der Waals surface area contributed by atoms with Crippen LogP contribution in [0.1, 0.15) is 52.5 Å². The summed E-state index contributed by atoms with van der Waals surface area (Å²) < 4.78 is 1.74. The molecule has 0 aliphatic carbocycles. The minimum Gasteiger partial charge on any atom is -0.348 e. The van der Waals surface area contributed by atoms with E-state index in [9.17, 15) is 14.4 Å². The van der Waals surface area contributed by atoms with Gasteiger partial charge in [-0.15, -0.1) is 6.58 Å². The summed E-state index contributed by atoms with van der Waals surface area (Å²) in [5.74, 6) is -0.805. The lowest BCUT2D eigenvalue weighted by atomic mass is 10.0. The Kier molecular flexibility index (Phi) is 6.65. The molecular weight excluding hydrogens is 366 g/mol. The summed E-state index contributed by atoms with van der Waals surface area (Å²) in [4.78, 5) is 40.5. The Hall–Kier alpha value is -3.15. The molecule has 6 heteroatoms. The highest BCUT2D eigenvalue weighted by molar-refractivity contribution is 5.99. The predicted octanol–water partition coefficient (Wildman–Crippen LogP) is 2.83. The molecule has 1 aromatic carbocycles. The van der Waals surface area contributed by atoms with Crippen molar-refractivity contribution in [2.75, 3.05) is 13.1 Å². The van der Waals surface area contributed by atoms with Gasteiger partial charge >= 0.3 is 0 Å². The Bertz CT molecular complexity index is 950. The number of pyridine rings is 1. The standard InChI is InChI=1S/C23H27N3O3/c1-3-12-24-22(28)19-15-25(14-18-10-5-4-6-11-18)16-20(21(19)27)23(29)26-13-8-7-9-17(26)2/h3-6,10-11,15-17H,1,7-9,12-14H2,2H3,(H,24,28)/t17-/m1/s1. The quantitative estimate of drug-likeness (QED) is 0.767. The molecule has 1 atom stereocenters. The maximum absolute atomic E-state index is 13.2. The number of hydrogen-bond donors (Lipinski definition) is 1. The molecule has 0 radical (unpaired) electrons. The van der Waals surface area contributed by atoms with Crippen molar-refractivity contribution in [3.63, 3.8) is 0 Å². The third-order valence-corrected chi connectivity index (χ3v) is 5.23. The minimum atomic E-state index is -0.529. The first kappa shape index (κ1) is 20.6. The van der Waals surface area contributed by atoms with Gasteiger partial charge in [0.25, 0.3) is 11.8 Å². The summed E-state index contributed by atoms with van der Waals surface area (Å²) in [5.41, 5.74) is 0.496. The Morgan fingerprint density at radius 3 is 2.59 bits per heavy atom. The first-order valence-corrected chi connectivity index (χ1v) is 9.99. The van der Waals surface area contributed by atoms with Gasteiger partial charge in [-0.2, -0.15) is 0 Å². The van der Waals surface area contributed by atoms with Crippen molar-refractivity contribution < 1.29 is 9.59 Å². The van der Waals surface area contributed by atoms with Crippen LogP contribution in [0.3, 0.4) is 0 Å². The summed E-state index contributed by atoms with van der Waals surface area (Å²) in [6.07, 6.45) is 7.56. The largest absolute Gasteiger partial charge is 0.348 e. The number of benzene rings is 1. The van der Waals surface area contributed by atoms with Gasteiger partial charge in [-0.05, 0) is 31.7 Å². The van der Waals surface area contributed by atoms with Gasteiger partial charge in [-0.3, -0.25) is 14.4 Å². The molecule has 1 aliphatic heterocycles. The Balaban J connectivity index is 2.02. The van der Waals surface area contributed by atoms with Gasteiger partial charge in [0.1, 0.15) is 11.1 Å². The lowest BCUT2D eigenvalue weighted by Crippen LogP contribution is -2.44. The second-order valence-corrected chi connectivity index (χ2v) is 7.41. The smallest absolute Gasteiger partial charge is 0.259 e. The van der Waals surface area contributed by atoms with Gasteiger partial charge in [0, 0.05) is 38.1 Å². The highest BCUT2D eigenvalue weighted by Crippen LogP contribution is 2.18. The van der Waals surface area contributed by atoms with Gasteiger partial charge in [-0.1, -0.05) is 36.4 Å². The lowest BCUT2D eigenvalue weighted by molar-refractivity contribution is 0.0633. The molecule has 1 saturated heterocycles. The summed E-state index contributed by atoms with van der Waals surface area (Å²) >= 11 is 0. The molecule has 6 nitrogen and oxygen atoms in total. The molecule has 3 rings (SSSR count). The third-order valence-electron chi connectivity index (χ3n) is 5.23.